The molecule has 0 amide bonds. The van der Waals surface area contributed by atoms with Gasteiger partial charge in [0, 0.05) is 18.3 Å². The first kappa shape index (κ1) is 15.2. The predicted octanol–water partition coefficient (Wildman–Crippen LogP) is 0.657. The van der Waals surface area contributed by atoms with Crippen molar-refractivity contribution in [2.45, 2.75) is 26.8 Å². The second-order valence-electron chi connectivity index (χ2n) is 3.35. The summed E-state index contributed by atoms with van der Waals surface area (Å²) >= 11 is 1.74. The number of sulfonamides is 1. The van der Waals surface area contributed by atoms with E-state index < -0.39 is 10.0 Å². The quantitative estimate of drug-likeness (QED) is 0.593. The zero-order chi connectivity index (χ0) is 11.7. The molecule has 0 spiro atoms. The molecular weight excluding hydrogens is 232 g/mol. The predicted molar refractivity (Wildman–Crippen MR) is 67.9 cm³/mol. The molecule has 0 aliphatic carbocycles. The summed E-state index contributed by atoms with van der Waals surface area (Å²) in [7, 11) is -3.11. The average molecular weight is 254 g/mol. The average Bonchev–Trinajstić information content (AvgIpc) is 2.14. The van der Waals surface area contributed by atoms with Crippen LogP contribution < -0.4 is 10.0 Å². The van der Waals surface area contributed by atoms with E-state index in [1.165, 1.54) is 0 Å². The lowest BCUT2D eigenvalue weighted by molar-refractivity contribution is 0.567. The molecule has 15 heavy (non-hydrogen) atoms. The number of nitrogens with one attached hydrogen (secondary N) is 2. The number of rotatable bonds is 9. The Labute approximate surface area is 97.6 Å². The SMILES string of the molecule is CCNCCS(=O)(=O)NC(C)CSCC. The highest BCUT2D eigenvalue weighted by Gasteiger charge is 2.13. The number of hydrogen-bond donors (Lipinski definition) is 2. The zero-order valence-corrected chi connectivity index (χ0v) is 11.4. The van der Waals surface area contributed by atoms with Crippen LogP contribution in [0.3, 0.4) is 0 Å². The van der Waals surface area contributed by atoms with Crippen LogP contribution in [-0.4, -0.2) is 44.8 Å². The maximum Gasteiger partial charge on any atom is 0.213 e. The fourth-order valence-corrected chi connectivity index (χ4v) is 3.08. The van der Waals surface area contributed by atoms with Crippen molar-refractivity contribution in [2.24, 2.45) is 0 Å². The van der Waals surface area contributed by atoms with Crippen molar-refractivity contribution >= 4 is 21.8 Å². The maximum absolute atomic E-state index is 11.5. The van der Waals surface area contributed by atoms with Crippen LogP contribution in [0.2, 0.25) is 0 Å². The normalized spacial score (nSPS) is 14.1. The Morgan fingerprint density at radius 1 is 1.33 bits per heavy atom. The summed E-state index contributed by atoms with van der Waals surface area (Å²) in [5.74, 6) is 2.00. The van der Waals surface area contributed by atoms with Crippen molar-refractivity contribution < 1.29 is 8.42 Å². The fourth-order valence-electron chi connectivity index (χ4n) is 1.08. The first-order valence-corrected chi connectivity index (χ1v) is 8.11. The van der Waals surface area contributed by atoms with E-state index in [0.29, 0.717) is 6.54 Å². The second kappa shape index (κ2) is 8.38. The Kier molecular flexibility index (Phi) is 8.50. The summed E-state index contributed by atoms with van der Waals surface area (Å²) in [4.78, 5) is 0. The van der Waals surface area contributed by atoms with Gasteiger partial charge in [-0.3, -0.25) is 0 Å². The van der Waals surface area contributed by atoms with Crippen molar-refractivity contribution in [3.05, 3.63) is 0 Å². The van der Waals surface area contributed by atoms with Crippen LogP contribution in [0.5, 0.6) is 0 Å². The molecule has 0 heterocycles. The lowest BCUT2D eigenvalue weighted by atomic mass is 10.4. The molecule has 0 saturated heterocycles. The van der Waals surface area contributed by atoms with E-state index >= 15 is 0 Å². The third-order valence-electron chi connectivity index (χ3n) is 1.75. The van der Waals surface area contributed by atoms with Crippen molar-refractivity contribution in [2.75, 3.05) is 30.3 Å². The van der Waals surface area contributed by atoms with Gasteiger partial charge in [0.1, 0.15) is 0 Å². The van der Waals surface area contributed by atoms with E-state index in [9.17, 15) is 8.42 Å². The van der Waals surface area contributed by atoms with Gasteiger partial charge in [-0.2, -0.15) is 11.8 Å². The van der Waals surface area contributed by atoms with Crippen molar-refractivity contribution in [1.82, 2.24) is 10.0 Å². The third kappa shape index (κ3) is 9.17. The summed E-state index contributed by atoms with van der Waals surface area (Å²) < 4.78 is 25.7. The van der Waals surface area contributed by atoms with Crippen LogP contribution in [0, 0.1) is 0 Å². The Balaban J connectivity index is 3.81. The fraction of sp³-hybridized carbons (Fsp3) is 1.00. The van der Waals surface area contributed by atoms with Gasteiger partial charge in [-0.05, 0) is 19.2 Å². The van der Waals surface area contributed by atoms with Crippen LogP contribution in [-0.2, 0) is 10.0 Å². The standard InChI is InChI=1S/C9H22N2O2S2/c1-4-10-6-7-15(12,13)11-9(3)8-14-5-2/h9-11H,4-8H2,1-3H3. The Morgan fingerprint density at radius 3 is 2.53 bits per heavy atom. The van der Waals surface area contributed by atoms with Gasteiger partial charge in [0.2, 0.25) is 10.0 Å². The van der Waals surface area contributed by atoms with E-state index in [1.807, 2.05) is 13.8 Å². The van der Waals surface area contributed by atoms with Gasteiger partial charge < -0.3 is 5.32 Å². The molecule has 0 radical (unpaired) electrons. The molecule has 0 rings (SSSR count). The van der Waals surface area contributed by atoms with Crippen molar-refractivity contribution in [1.29, 1.82) is 0 Å². The van der Waals surface area contributed by atoms with Gasteiger partial charge in [0.05, 0.1) is 5.75 Å². The molecule has 6 heteroatoms. The smallest absolute Gasteiger partial charge is 0.213 e. The lowest BCUT2D eigenvalue weighted by Gasteiger charge is -2.13. The van der Waals surface area contributed by atoms with Gasteiger partial charge in [0.25, 0.3) is 0 Å². The van der Waals surface area contributed by atoms with E-state index in [2.05, 4.69) is 17.0 Å². The van der Waals surface area contributed by atoms with Crippen LogP contribution in [0.25, 0.3) is 0 Å². The van der Waals surface area contributed by atoms with Crippen molar-refractivity contribution in [3.8, 4) is 0 Å². The largest absolute Gasteiger partial charge is 0.316 e. The summed E-state index contributed by atoms with van der Waals surface area (Å²) in [5.41, 5.74) is 0. The second-order valence-corrected chi connectivity index (χ2v) is 6.54. The van der Waals surface area contributed by atoms with Gasteiger partial charge in [-0.1, -0.05) is 13.8 Å². The van der Waals surface area contributed by atoms with Crippen LogP contribution in [0.15, 0.2) is 0 Å². The summed E-state index contributed by atoms with van der Waals surface area (Å²) in [6.45, 7) is 7.24. The summed E-state index contributed by atoms with van der Waals surface area (Å²) in [5, 5.41) is 3.00. The van der Waals surface area contributed by atoms with Crippen molar-refractivity contribution in [3.63, 3.8) is 0 Å². The topological polar surface area (TPSA) is 58.2 Å². The first-order chi connectivity index (χ1) is 7.02. The molecule has 0 aliphatic heterocycles. The first-order valence-electron chi connectivity index (χ1n) is 5.30. The van der Waals surface area contributed by atoms with E-state index in [-0.39, 0.29) is 11.8 Å². The Morgan fingerprint density at radius 2 is 2.00 bits per heavy atom. The molecule has 0 bridgehead atoms. The molecule has 92 valence electrons. The molecule has 0 fully saturated rings. The lowest BCUT2D eigenvalue weighted by Crippen LogP contribution is -2.38. The Hall–Kier alpha value is 0.220. The molecule has 4 nitrogen and oxygen atoms in total. The minimum Gasteiger partial charge on any atom is -0.316 e. The van der Waals surface area contributed by atoms with Gasteiger partial charge in [-0.25, -0.2) is 13.1 Å². The molecule has 2 N–H and O–H groups in total. The maximum atomic E-state index is 11.5. The Bertz CT molecular complexity index is 242. The third-order valence-corrected chi connectivity index (χ3v) is 4.40. The molecule has 0 saturated carbocycles. The zero-order valence-electron chi connectivity index (χ0n) is 9.75. The number of hydrogen-bond acceptors (Lipinski definition) is 4. The highest BCUT2D eigenvalue weighted by molar-refractivity contribution is 7.99. The van der Waals surface area contributed by atoms with Crippen LogP contribution >= 0.6 is 11.8 Å². The molecule has 0 aromatic carbocycles. The minimum absolute atomic E-state index is 0.0153. The molecule has 1 unspecified atom stereocenters. The van der Waals surface area contributed by atoms with Gasteiger partial charge in [-0.15, -0.1) is 0 Å². The van der Waals surface area contributed by atoms with E-state index in [0.717, 1.165) is 18.1 Å². The monoisotopic (exact) mass is 254 g/mol. The van der Waals surface area contributed by atoms with E-state index in [1.54, 1.807) is 11.8 Å². The minimum atomic E-state index is -3.11. The van der Waals surface area contributed by atoms with Gasteiger partial charge in [0.15, 0.2) is 0 Å². The van der Waals surface area contributed by atoms with Crippen LogP contribution in [0.1, 0.15) is 20.8 Å². The highest BCUT2D eigenvalue weighted by Crippen LogP contribution is 2.02. The summed E-state index contributed by atoms with van der Waals surface area (Å²) in [6.07, 6.45) is 0. The molecule has 1 atom stereocenters. The van der Waals surface area contributed by atoms with Crippen LogP contribution in [0.4, 0.5) is 0 Å². The highest BCUT2D eigenvalue weighted by atomic mass is 32.2. The molecule has 0 aromatic rings. The van der Waals surface area contributed by atoms with Gasteiger partial charge >= 0.3 is 0 Å². The molecule has 0 aromatic heterocycles. The van der Waals surface area contributed by atoms with E-state index in [4.69, 9.17) is 0 Å². The number of thioether (sulfide) groups is 1. The molecular formula is C9H22N2O2S2. The molecule has 0 aliphatic rings. The summed E-state index contributed by atoms with van der Waals surface area (Å²) in [6, 6.07) is 0.0153.